The summed E-state index contributed by atoms with van der Waals surface area (Å²) in [6.07, 6.45) is 1.96. The van der Waals surface area contributed by atoms with Crippen LogP contribution in [0, 0.1) is 12.2 Å². The highest BCUT2D eigenvalue weighted by Crippen LogP contribution is 2.34. The molecule has 2 aromatic rings. The average molecular weight is 321 g/mol. The summed E-state index contributed by atoms with van der Waals surface area (Å²) < 4.78 is 19.8. The molecule has 0 fully saturated rings. The van der Waals surface area contributed by atoms with Gasteiger partial charge in [-0.15, -0.1) is 0 Å². The monoisotopic (exact) mass is 320 g/mol. The van der Waals surface area contributed by atoms with E-state index >= 15 is 0 Å². The summed E-state index contributed by atoms with van der Waals surface area (Å²) in [5, 5.41) is 0.0909. The van der Waals surface area contributed by atoms with Crippen molar-refractivity contribution in [3.05, 3.63) is 64.8 Å². The van der Waals surface area contributed by atoms with Gasteiger partial charge >= 0.3 is 0 Å². The fraction of sp³-hybridized carbons (Fsp3) is 0.0625. The zero-order valence-corrected chi connectivity index (χ0v) is 12.1. The molecule has 1 radical (unpaired) electrons. The van der Waals surface area contributed by atoms with Gasteiger partial charge in [0.25, 0.3) is 0 Å². The van der Waals surface area contributed by atoms with E-state index in [1.165, 1.54) is 42.8 Å². The summed E-state index contributed by atoms with van der Waals surface area (Å²) in [5.41, 5.74) is 5.67. The number of rotatable bonds is 6. The third-order valence-corrected chi connectivity index (χ3v) is 3.14. The zero-order chi connectivity index (χ0) is 16.1. The highest BCUT2D eigenvalue weighted by Gasteiger charge is 2.15. The summed E-state index contributed by atoms with van der Waals surface area (Å²) >= 11 is 5.95. The van der Waals surface area contributed by atoms with Crippen molar-refractivity contribution in [3.8, 4) is 11.5 Å². The second-order valence-electron chi connectivity index (χ2n) is 4.44. The van der Waals surface area contributed by atoms with Crippen LogP contribution >= 0.6 is 11.6 Å². The molecule has 0 saturated heterocycles. The second kappa shape index (κ2) is 7.04. The van der Waals surface area contributed by atoms with E-state index in [0.29, 0.717) is 17.6 Å². The average Bonchev–Trinajstić information content (AvgIpc) is 2.51. The molecule has 0 aromatic heterocycles. The van der Waals surface area contributed by atoms with Gasteiger partial charge in [0.2, 0.25) is 5.91 Å². The molecule has 113 valence electrons. The molecule has 0 aliphatic heterocycles. The molecular formula is C16H12ClFNO3. The molecule has 0 unspecified atom stereocenters. The van der Waals surface area contributed by atoms with Crippen molar-refractivity contribution in [3.63, 3.8) is 0 Å². The van der Waals surface area contributed by atoms with E-state index in [4.69, 9.17) is 22.1 Å². The van der Waals surface area contributed by atoms with Gasteiger partial charge in [-0.1, -0.05) is 17.7 Å². The molecule has 2 N–H and O–H groups in total. The second-order valence-corrected chi connectivity index (χ2v) is 4.85. The minimum Gasteiger partial charge on any atom is -0.453 e. The lowest BCUT2D eigenvalue weighted by Crippen LogP contribution is -2.10. The van der Waals surface area contributed by atoms with Gasteiger partial charge in [-0.2, -0.15) is 0 Å². The molecule has 2 rings (SSSR count). The van der Waals surface area contributed by atoms with Crippen LogP contribution in [0.4, 0.5) is 4.39 Å². The number of ether oxygens (including phenoxy) is 1. The smallest absolute Gasteiger partial charge is 0.218 e. The molecule has 22 heavy (non-hydrogen) atoms. The van der Waals surface area contributed by atoms with E-state index < -0.39 is 11.7 Å². The van der Waals surface area contributed by atoms with Gasteiger partial charge in [0.05, 0.1) is 5.02 Å². The van der Waals surface area contributed by atoms with Crippen LogP contribution in [0.25, 0.3) is 0 Å². The molecular weight excluding hydrogens is 309 g/mol. The molecule has 0 aliphatic carbocycles. The lowest BCUT2D eigenvalue weighted by atomic mass is 10.1. The van der Waals surface area contributed by atoms with Crippen LogP contribution in [0.5, 0.6) is 11.5 Å². The lowest BCUT2D eigenvalue weighted by Gasteiger charge is -2.11. The largest absolute Gasteiger partial charge is 0.453 e. The fourth-order valence-electron chi connectivity index (χ4n) is 1.74. The molecule has 1 amide bonds. The Bertz CT molecular complexity index is 701. The number of carbonyl (C=O) groups excluding carboxylic acids is 2. The molecule has 0 aliphatic rings. The van der Waals surface area contributed by atoms with Crippen LogP contribution < -0.4 is 10.5 Å². The number of hydrogen-bond acceptors (Lipinski definition) is 3. The standard InChI is InChI=1S/C16H12ClFNO3/c17-13-7-3-11(4-8-14(19)21)15(18)16(13)22-12-5-1-10(9-20)2-6-12/h1-7,9H,8H2,(H2,19,21). The number of aldehydes is 1. The van der Waals surface area contributed by atoms with Gasteiger partial charge in [0.1, 0.15) is 12.0 Å². The number of carbonyl (C=O) groups is 2. The molecule has 0 saturated carbocycles. The molecule has 2 aromatic carbocycles. The first kappa shape index (κ1) is 16.0. The summed E-state index contributed by atoms with van der Waals surface area (Å²) in [6, 6.07) is 9.03. The van der Waals surface area contributed by atoms with E-state index in [-0.39, 0.29) is 22.8 Å². The van der Waals surface area contributed by atoms with Crippen LogP contribution in [0.3, 0.4) is 0 Å². The van der Waals surface area contributed by atoms with Crippen molar-refractivity contribution in [2.45, 2.75) is 6.42 Å². The number of primary amides is 1. The molecule has 0 atom stereocenters. The van der Waals surface area contributed by atoms with Crippen LogP contribution in [-0.2, 0) is 4.79 Å². The minimum atomic E-state index is -0.687. The van der Waals surface area contributed by atoms with Crippen molar-refractivity contribution in [2.24, 2.45) is 5.73 Å². The van der Waals surface area contributed by atoms with Crippen LogP contribution in [0.15, 0.2) is 36.4 Å². The normalized spacial score (nSPS) is 10.3. The first-order valence-electron chi connectivity index (χ1n) is 6.34. The maximum Gasteiger partial charge on any atom is 0.218 e. The summed E-state index contributed by atoms with van der Waals surface area (Å²) in [7, 11) is 0. The molecule has 0 spiro atoms. The summed E-state index contributed by atoms with van der Waals surface area (Å²) in [4.78, 5) is 21.4. The first-order chi connectivity index (χ1) is 10.5. The fourth-order valence-corrected chi connectivity index (χ4v) is 1.93. The lowest BCUT2D eigenvalue weighted by molar-refractivity contribution is -0.117. The van der Waals surface area contributed by atoms with Gasteiger partial charge in [-0.05, 0) is 35.9 Å². The van der Waals surface area contributed by atoms with Crippen molar-refractivity contribution < 1.29 is 18.7 Å². The topological polar surface area (TPSA) is 69.4 Å². The molecule has 0 heterocycles. The number of benzene rings is 2. The highest BCUT2D eigenvalue weighted by atomic mass is 35.5. The van der Waals surface area contributed by atoms with E-state index in [2.05, 4.69) is 0 Å². The quantitative estimate of drug-likeness (QED) is 0.828. The molecule has 4 nitrogen and oxygen atoms in total. The van der Waals surface area contributed by atoms with Crippen molar-refractivity contribution in [2.75, 3.05) is 0 Å². The highest BCUT2D eigenvalue weighted by molar-refractivity contribution is 6.32. The Kier molecular flexibility index (Phi) is 5.12. The van der Waals surface area contributed by atoms with Gasteiger partial charge in [0.15, 0.2) is 11.6 Å². The van der Waals surface area contributed by atoms with Crippen molar-refractivity contribution in [1.29, 1.82) is 0 Å². The molecule has 6 heteroatoms. The Morgan fingerprint density at radius 3 is 2.50 bits per heavy atom. The van der Waals surface area contributed by atoms with Gasteiger partial charge in [-0.25, -0.2) is 4.39 Å². The SMILES string of the molecule is NC(=O)C[CH]c1ccc(Cl)c(Oc2ccc(C=O)cc2)c1F. The van der Waals surface area contributed by atoms with E-state index in [0.717, 1.165) is 0 Å². The third kappa shape index (κ3) is 3.83. The zero-order valence-electron chi connectivity index (χ0n) is 11.4. The van der Waals surface area contributed by atoms with Gasteiger partial charge in [0, 0.05) is 18.4 Å². The van der Waals surface area contributed by atoms with Crippen LogP contribution in [0.2, 0.25) is 5.02 Å². The van der Waals surface area contributed by atoms with Crippen LogP contribution in [0.1, 0.15) is 22.3 Å². The Morgan fingerprint density at radius 1 is 1.23 bits per heavy atom. The van der Waals surface area contributed by atoms with E-state index in [1.54, 1.807) is 0 Å². The Labute approximate surface area is 131 Å². The van der Waals surface area contributed by atoms with Gasteiger partial charge < -0.3 is 10.5 Å². The Hall–Kier alpha value is -2.40. The predicted molar refractivity (Wildman–Crippen MR) is 80.5 cm³/mol. The van der Waals surface area contributed by atoms with E-state index in [1.807, 2.05) is 0 Å². The van der Waals surface area contributed by atoms with Crippen LogP contribution in [-0.4, -0.2) is 12.2 Å². The van der Waals surface area contributed by atoms with Crippen molar-refractivity contribution in [1.82, 2.24) is 0 Å². The minimum absolute atomic E-state index is 0.0909. The maximum atomic E-state index is 14.4. The van der Waals surface area contributed by atoms with Crippen molar-refractivity contribution >= 4 is 23.8 Å². The first-order valence-corrected chi connectivity index (χ1v) is 6.71. The number of halogens is 2. The number of amides is 1. The third-order valence-electron chi connectivity index (χ3n) is 2.84. The van der Waals surface area contributed by atoms with E-state index in [9.17, 15) is 14.0 Å². The number of hydrogen-bond donors (Lipinski definition) is 1. The number of nitrogens with two attached hydrogens (primary N) is 1. The summed E-state index contributed by atoms with van der Waals surface area (Å²) in [5.74, 6) is -1.08. The van der Waals surface area contributed by atoms with Gasteiger partial charge in [-0.3, -0.25) is 9.59 Å². The summed E-state index contributed by atoms with van der Waals surface area (Å²) in [6.45, 7) is 0. The predicted octanol–water partition coefficient (Wildman–Crippen LogP) is 3.51. The Balaban J connectivity index is 2.26. The molecule has 0 bridgehead atoms. The maximum absolute atomic E-state index is 14.4. The Morgan fingerprint density at radius 2 is 1.91 bits per heavy atom.